The van der Waals surface area contributed by atoms with Crippen molar-refractivity contribution in [1.82, 2.24) is 9.80 Å². The number of likely N-dealkylation sites (tertiary alicyclic amines) is 1. The summed E-state index contributed by atoms with van der Waals surface area (Å²) in [5.41, 5.74) is -0.0533. The van der Waals surface area contributed by atoms with Gasteiger partial charge in [0.1, 0.15) is 11.6 Å². The molecule has 2 rings (SSSR count). The first-order chi connectivity index (χ1) is 10.4. The highest BCUT2D eigenvalue weighted by Crippen LogP contribution is 2.21. The highest BCUT2D eigenvalue weighted by atomic mass is 19.1. The molecular weight excluding hydrogens is 292 g/mol. The van der Waals surface area contributed by atoms with Crippen LogP contribution in [0.25, 0.3) is 0 Å². The second-order valence-corrected chi connectivity index (χ2v) is 5.58. The molecular formula is C15H19F2N3O2. The molecule has 0 radical (unpaired) electrons. The van der Waals surface area contributed by atoms with Crippen LogP contribution in [0.3, 0.4) is 0 Å². The molecule has 120 valence electrons. The summed E-state index contributed by atoms with van der Waals surface area (Å²) in [6.07, 6.45) is 1.34. The predicted octanol–water partition coefficient (Wildman–Crippen LogP) is 2.30. The van der Waals surface area contributed by atoms with Gasteiger partial charge >= 0.3 is 6.03 Å². The molecule has 1 N–H and O–H groups in total. The number of piperidine rings is 1. The normalized spacial score (nSPS) is 18.0. The van der Waals surface area contributed by atoms with Crippen molar-refractivity contribution in [3.63, 3.8) is 0 Å². The Bertz CT molecular complexity index is 578. The third kappa shape index (κ3) is 3.72. The van der Waals surface area contributed by atoms with Gasteiger partial charge in [-0.15, -0.1) is 0 Å². The van der Waals surface area contributed by atoms with Gasteiger partial charge in [0.25, 0.3) is 0 Å². The summed E-state index contributed by atoms with van der Waals surface area (Å²) in [4.78, 5) is 27.2. The maximum absolute atomic E-state index is 13.6. The fraction of sp³-hybridized carbons (Fsp3) is 0.467. The zero-order chi connectivity index (χ0) is 16.3. The van der Waals surface area contributed by atoms with Gasteiger partial charge in [0.15, 0.2) is 0 Å². The van der Waals surface area contributed by atoms with Crippen molar-refractivity contribution < 1.29 is 18.4 Å². The van der Waals surface area contributed by atoms with Crippen molar-refractivity contribution in [3.05, 3.63) is 29.8 Å². The molecule has 0 aliphatic carbocycles. The molecule has 1 fully saturated rings. The second kappa shape index (κ2) is 6.72. The average molecular weight is 311 g/mol. The molecule has 1 aromatic carbocycles. The maximum atomic E-state index is 13.6. The number of benzene rings is 1. The number of carbonyl (C=O) groups is 2. The molecule has 0 saturated carbocycles. The largest absolute Gasteiger partial charge is 0.331 e. The van der Waals surface area contributed by atoms with Gasteiger partial charge in [-0.25, -0.2) is 13.6 Å². The Balaban J connectivity index is 2.01. The lowest BCUT2D eigenvalue weighted by molar-refractivity contribution is -0.121. The van der Waals surface area contributed by atoms with E-state index < -0.39 is 17.6 Å². The van der Waals surface area contributed by atoms with Crippen LogP contribution in [0, 0.1) is 17.6 Å². The highest BCUT2D eigenvalue weighted by Gasteiger charge is 2.29. The van der Waals surface area contributed by atoms with Gasteiger partial charge in [0, 0.05) is 33.3 Å². The third-order valence-electron chi connectivity index (χ3n) is 3.63. The molecule has 7 heteroatoms. The fourth-order valence-corrected chi connectivity index (χ4v) is 2.47. The smallest absolute Gasteiger partial charge is 0.319 e. The van der Waals surface area contributed by atoms with E-state index in [4.69, 9.17) is 0 Å². The lowest BCUT2D eigenvalue weighted by Crippen LogP contribution is -2.47. The molecule has 3 amide bonds. The number of urea groups is 1. The molecule has 0 spiro atoms. The molecule has 1 aromatic rings. The Hall–Kier alpha value is -2.18. The molecule has 0 bridgehead atoms. The molecule has 1 atom stereocenters. The summed E-state index contributed by atoms with van der Waals surface area (Å²) >= 11 is 0. The van der Waals surface area contributed by atoms with Gasteiger partial charge in [-0.1, -0.05) is 0 Å². The van der Waals surface area contributed by atoms with Crippen LogP contribution < -0.4 is 5.32 Å². The quantitative estimate of drug-likeness (QED) is 0.911. The monoisotopic (exact) mass is 311 g/mol. The third-order valence-corrected chi connectivity index (χ3v) is 3.63. The molecule has 0 aromatic heterocycles. The van der Waals surface area contributed by atoms with Crippen molar-refractivity contribution >= 4 is 17.6 Å². The highest BCUT2D eigenvalue weighted by molar-refractivity contribution is 5.93. The number of rotatable bonds is 2. The summed E-state index contributed by atoms with van der Waals surface area (Å²) in [5.74, 6) is -2.27. The topological polar surface area (TPSA) is 52.7 Å². The molecule has 0 unspecified atom stereocenters. The zero-order valence-electron chi connectivity index (χ0n) is 12.6. The molecule has 1 saturated heterocycles. The Labute approximate surface area is 127 Å². The molecule has 1 aliphatic rings. The number of nitrogens with zero attached hydrogens (tertiary/aromatic N) is 2. The molecule has 22 heavy (non-hydrogen) atoms. The first kappa shape index (κ1) is 16.2. The Kier molecular flexibility index (Phi) is 4.95. The van der Waals surface area contributed by atoms with Crippen molar-refractivity contribution in [2.45, 2.75) is 12.8 Å². The van der Waals surface area contributed by atoms with E-state index in [0.29, 0.717) is 25.9 Å². The Morgan fingerprint density at radius 1 is 1.32 bits per heavy atom. The lowest BCUT2D eigenvalue weighted by Gasteiger charge is -2.33. The summed E-state index contributed by atoms with van der Waals surface area (Å²) in [5, 5.41) is 2.46. The molecule has 5 nitrogen and oxygen atoms in total. The fourth-order valence-electron chi connectivity index (χ4n) is 2.47. The number of carbonyl (C=O) groups excluding carboxylic acids is 2. The van der Waals surface area contributed by atoms with Crippen LogP contribution in [0.5, 0.6) is 0 Å². The number of anilines is 1. The van der Waals surface area contributed by atoms with Gasteiger partial charge in [0.2, 0.25) is 5.91 Å². The van der Waals surface area contributed by atoms with E-state index in [1.807, 2.05) is 0 Å². The van der Waals surface area contributed by atoms with Crippen LogP contribution in [-0.4, -0.2) is 48.9 Å². The van der Waals surface area contributed by atoms with E-state index in [0.717, 1.165) is 12.1 Å². The maximum Gasteiger partial charge on any atom is 0.319 e. The lowest BCUT2D eigenvalue weighted by atomic mass is 9.97. The number of amides is 3. The van der Waals surface area contributed by atoms with E-state index in [2.05, 4.69) is 5.32 Å². The van der Waals surface area contributed by atoms with E-state index in [9.17, 15) is 18.4 Å². The summed E-state index contributed by atoms with van der Waals surface area (Å²) < 4.78 is 26.4. The minimum atomic E-state index is -0.814. The SMILES string of the molecule is CN(C)C(=O)N1CCC[C@H](C(=O)Nc2ccc(F)cc2F)C1. The van der Waals surface area contributed by atoms with Gasteiger partial charge in [-0.3, -0.25) is 4.79 Å². The van der Waals surface area contributed by atoms with Gasteiger partial charge < -0.3 is 15.1 Å². The van der Waals surface area contributed by atoms with E-state index >= 15 is 0 Å². The predicted molar refractivity (Wildman–Crippen MR) is 78.4 cm³/mol. The standard InChI is InChI=1S/C15H19F2N3O2/c1-19(2)15(22)20-7-3-4-10(9-20)14(21)18-13-6-5-11(16)8-12(13)17/h5-6,8,10H,3-4,7,9H2,1-2H3,(H,18,21)/t10-/m0/s1. The van der Waals surface area contributed by atoms with E-state index in [1.54, 1.807) is 19.0 Å². The van der Waals surface area contributed by atoms with E-state index in [-0.39, 0.29) is 17.6 Å². The van der Waals surface area contributed by atoms with Crippen LogP contribution in [-0.2, 0) is 4.79 Å². The van der Waals surface area contributed by atoms with Crippen molar-refractivity contribution in [1.29, 1.82) is 0 Å². The van der Waals surface area contributed by atoms with Crippen LogP contribution >= 0.6 is 0 Å². The molecule has 1 aliphatic heterocycles. The van der Waals surface area contributed by atoms with Crippen molar-refractivity contribution in [2.24, 2.45) is 5.92 Å². The summed E-state index contributed by atoms with van der Waals surface area (Å²) in [7, 11) is 3.31. The van der Waals surface area contributed by atoms with Crippen molar-refractivity contribution in [3.8, 4) is 0 Å². The van der Waals surface area contributed by atoms with Crippen LogP contribution in [0.2, 0.25) is 0 Å². The van der Waals surface area contributed by atoms with Crippen LogP contribution in [0.1, 0.15) is 12.8 Å². The Morgan fingerprint density at radius 3 is 2.68 bits per heavy atom. The van der Waals surface area contributed by atoms with E-state index in [1.165, 1.54) is 11.0 Å². The number of hydrogen-bond acceptors (Lipinski definition) is 2. The number of hydrogen-bond donors (Lipinski definition) is 1. The van der Waals surface area contributed by atoms with Crippen LogP contribution in [0.15, 0.2) is 18.2 Å². The number of halogens is 2. The summed E-state index contributed by atoms with van der Waals surface area (Å²) in [6.45, 7) is 0.900. The summed E-state index contributed by atoms with van der Waals surface area (Å²) in [6, 6.07) is 2.85. The van der Waals surface area contributed by atoms with Crippen molar-refractivity contribution in [2.75, 3.05) is 32.5 Å². The second-order valence-electron chi connectivity index (χ2n) is 5.58. The zero-order valence-corrected chi connectivity index (χ0v) is 12.6. The first-order valence-corrected chi connectivity index (χ1v) is 7.10. The Morgan fingerprint density at radius 2 is 2.05 bits per heavy atom. The number of nitrogens with one attached hydrogen (secondary N) is 1. The van der Waals surface area contributed by atoms with Gasteiger partial charge in [0.05, 0.1) is 11.6 Å². The molecule has 1 heterocycles. The minimum Gasteiger partial charge on any atom is -0.331 e. The first-order valence-electron chi connectivity index (χ1n) is 7.10. The van der Waals surface area contributed by atoms with Gasteiger partial charge in [-0.05, 0) is 25.0 Å². The van der Waals surface area contributed by atoms with Gasteiger partial charge in [-0.2, -0.15) is 0 Å². The van der Waals surface area contributed by atoms with Crippen LogP contribution in [0.4, 0.5) is 19.3 Å². The average Bonchev–Trinajstić information content (AvgIpc) is 2.49. The minimum absolute atomic E-state index is 0.0533.